The van der Waals surface area contributed by atoms with Gasteiger partial charge >= 0.3 is 0 Å². The van der Waals surface area contributed by atoms with Crippen molar-refractivity contribution in [2.75, 3.05) is 0 Å². The highest BCUT2D eigenvalue weighted by atomic mass is 35.5. The molecule has 1 aromatic heterocycles. The van der Waals surface area contributed by atoms with E-state index < -0.39 is 12.1 Å². The van der Waals surface area contributed by atoms with Gasteiger partial charge in [0.2, 0.25) is 5.78 Å². The van der Waals surface area contributed by atoms with Gasteiger partial charge in [-0.1, -0.05) is 0 Å². The molecule has 1 aliphatic carbocycles. The molecule has 0 spiro atoms. The van der Waals surface area contributed by atoms with Crippen molar-refractivity contribution >= 4 is 29.5 Å². The summed E-state index contributed by atoms with van der Waals surface area (Å²) in [5.41, 5.74) is 6.35. The van der Waals surface area contributed by atoms with Crippen molar-refractivity contribution in [3.63, 3.8) is 0 Å². The molecule has 66 valence electrons. The standard InChI is InChI=1S/C7H7NO2S.ClH/c8-4-3-1-2-11-7(3)6(10)5(4)9;/h1-2,4-5,9H,8H2;1H/t4-,5-;/m0./s1. The van der Waals surface area contributed by atoms with E-state index in [9.17, 15) is 9.90 Å². The molecular weight excluding hydrogens is 198 g/mol. The maximum Gasteiger partial charge on any atom is 0.203 e. The van der Waals surface area contributed by atoms with E-state index in [1.54, 1.807) is 6.07 Å². The Balaban J connectivity index is 0.000000720. The van der Waals surface area contributed by atoms with Crippen molar-refractivity contribution in [2.45, 2.75) is 12.1 Å². The van der Waals surface area contributed by atoms with Gasteiger partial charge in [-0.2, -0.15) is 0 Å². The number of carbonyl (C=O) groups is 1. The van der Waals surface area contributed by atoms with Crippen molar-refractivity contribution in [3.8, 4) is 0 Å². The van der Waals surface area contributed by atoms with Crippen molar-refractivity contribution in [2.24, 2.45) is 5.73 Å². The number of fused-ring (bicyclic) bond motifs is 1. The van der Waals surface area contributed by atoms with E-state index in [1.165, 1.54) is 11.3 Å². The molecule has 0 saturated heterocycles. The summed E-state index contributed by atoms with van der Waals surface area (Å²) >= 11 is 1.34. The van der Waals surface area contributed by atoms with Gasteiger partial charge in [-0.25, -0.2) is 0 Å². The Kier molecular flexibility index (Phi) is 2.53. The average molecular weight is 206 g/mol. The van der Waals surface area contributed by atoms with E-state index in [2.05, 4.69) is 0 Å². The van der Waals surface area contributed by atoms with Gasteiger partial charge in [-0.15, -0.1) is 23.7 Å². The number of thiophene rings is 1. The highest BCUT2D eigenvalue weighted by molar-refractivity contribution is 7.12. The third kappa shape index (κ3) is 1.08. The molecule has 3 nitrogen and oxygen atoms in total. The predicted molar refractivity (Wildman–Crippen MR) is 48.8 cm³/mol. The van der Waals surface area contributed by atoms with Gasteiger partial charge < -0.3 is 10.8 Å². The van der Waals surface area contributed by atoms with Gasteiger partial charge in [-0.3, -0.25) is 4.79 Å². The van der Waals surface area contributed by atoms with Gasteiger partial charge in [0.25, 0.3) is 0 Å². The Morgan fingerprint density at radius 1 is 1.58 bits per heavy atom. The van der Waals surface area contributed by atoms with E-state index in [0.717, 1.165) is 5.56 Å². The van der Waals surface area contributed by atoms with Gasteiger partial charge in [0, 0.05) is 0 Å². The van der Waals surface area contributed by atoms with E-state index >= 15 is 0 Å². The molecule has 0 bridgehead atoms. The molecule has 0 aromatic carbocycles. The van der Waals surface area contributed by atoms with Gasteiger partial charge in [-0.05, 0) is 17.0 Å². The fourth-order valence-corrected chi connectivity index (χ4v) is 2.18. The van der Waals surface area contributed by atoms with Gasteiger partial charge in [0.1, 0.15) is 6.10 Å². The molecule has 12 heavy (non-hydrogen) atoms. The molecule has 3 N–H and O–H groups in total. The average Bonchev–Trinajstić information content (AvgIpc) is 2.53. The van der Waals surface area contributed by atoms with Gasteiger partial charge in [0.05, 0.1) is 10.9 Å². The molecule has 1 heterocycles. The lowest BCUT2D eigenvalue weighted by Gasteiger charge is -2.05. The highest BCUT2D eigenvalue weighted by Gasteiger charge is 2.36. The minimum atomic E-state index is -1.02. The fourth-order valence-electron chi connectivity index (χ4n) is 1.25. The van der Waals surface area contributed by atoms with E-state index in [-0.39, 0.29) is 18.2 Å². The first-order valence-electron chi connectivity index (χ1n) is 3.27. The smallest absolute Gasteiger partial charge is 0.203 e. The molecular formula is C7H8ClNO2S. The maximum atomic E-state index is 11.1. The Hall–Kier alpha value is -0.420. The molecule has 2 rings (SSSR count). The Bertz CT molecular complexity index is 312. The maximum absolute atomic E-state index is 11.1. The summed E-state index contributed by atoms with van der Waals surface area (Å²) in [6.07, 6.45) is -1.02. The molecule has 0 fully saturated rings. The topological polar surface area (TPSA) is 63.3 Å². The summed E-state index contributed by atoms with van der Waals surface area (Å²) < 4.78 is 0. The van der Waals surface area contributed by atoms with Crippen LogP contribution in [-0.2, 0) is 0 Å². The van der Waals surface area contributed by atoms with Crippen LogP contribution in [0.25, 0.3) is 0 Å². The molecule has 1 aliphatic rings. The lowest BCUT2D eigenvalue weighted by molar-refractivity contribution is 0.0739. The fraction of sp³-hybridized carbons (Fsp3) is 0.286. The normalized spacial score (nSPS) is 26.7. The zero-order chi connectivity index (χ0) is 8.01. The second kappa shape index (κ2) is 3.14. The Morgan fingerprint density at radius 3 is 2.83 bits per heavy atom. The van der Waals surface area contributed by atoms with Crippen LogP contribution in [0.5, 0.6) is 0 Å². The van der Waals surface area contributed by atoms with Crippen LogP contribution in [-0.4, -0.2) is 17.0 Å². The minimum absolute atomic E-state index is 0. The number of Topliss-reactive ketones (excluding diaryl/α,β-unsaturated/α-hetero) is 1. The molecule has 2 atom stereocenters. The quantitative estimate of drug-likeness (QED) is 0.656. The summed E-state index contributed by atoms with van der Waals surface area (Å²) in [5.74, 6) is -0.234. The number of ketones is 1. The first-order valence-corrected chi connectivity index (χ1v) is 4.15. The third-order valence-electron chi connectivity index (χ3n) is 1.89. The molecule has 0 radical (unpaired) electrons. The number of carbonyl (C=O) groups excluding carboxylic acids is 1. The van der Waals surface area contributed by atoms with Crippen molar-refractivity contribution < 1.29 is 9.90 Å². The summed E-state index contributed by atoms with van der Waals surface area (Å²) in [6, 6.07) is 1.28. The zero-order valence-electron chi connectivity index (χ0n) is 6.06. The van der Waals surface area contributed by atoms with Crippen LogP contribution in [0, 0.1) is 0 Å². The number of nitrogens with two attached hydrogens (primary N) is 1. The van der Waals surface area contributed by atoms with Crippen LogP contribution in [0.2, 0.25) is 0 Å². The summed E-state index contributed by atoms with van der Waals surface area (Å²) in [5, 5.41) is 11.0. The molecule has 1 aromatic rings. The number of aliphatic hydroxyl groups is 1. The second-order valence-electron chi connectivity index (χ2n) is 2.54. The number of hydrogen-bond acceptors (Lipinski definition) is 4. The van der Waals surface area contributed by atoms with E-state index in [0.29, 0.717) is 4.88 Å². The van der Waals surface area contributed by atoms with Crippen molar-refractivity contribution in [1.29, 1.82) is 0 Å². The van der Waals surface area contributed by atoms with Crippen LogP contribution in [0.3, 0.4) is 0 Å². The molecule has 0 saturated carbocycles. The minimum Gasteiger partial charge on any atom is -0.383 e. The monoisotopic (exact) mass is 205 g/mol. The summed E-state index contributed by atoms with van der Waals surface area (Å²) in [7, 11) is 0. The Labute approximate surface area is 79.6 Å². The van der Waals surface area contributed by atoms with E-state index in [1.807, 2.05) is 5.38 Å². The number of aliphatic hydroxyl groups excluding tert-OH is 1. The molecule has 0 amide bonds. The summed E-state index contributed by atoms with van der Waals surface area (Å²) in [4.78, 5) is 11.8. The Morgan fingerprint density at radius 2 is 2.25 bits per heavy atom. The third-order valence-corrected chi connectivity index (χ3v) is 2.83. The largest absolute Gasteiger partial charge is 0.383 e. The SMILES string of the molecule is Cl.N[C@H]1c2ccsc2C(=O)[C@H]1O. The van der Waals surface area contributed by atoms with Gasteiger partial charge in [0.15, 0.2) is 0 Å². The summed E-state index contributed by atoms with van der Waals surface area (Å²) in [6.45, 7) is 0. The van der Waals surface area contributed by atoms with Crippen molar-refractivity contribution in [3.05, 3.63) is 21.9 Å². The van der Waals surface area contributed by atoms with E-state index in [4.69, 9.17) is 5.73 Å². The van der Waals surface area contributed by atoms with Crippen LogP contribution in [0.4, 0.5) is 0 Å². The number of halogens is 1. The lowest BCUT2D eigenvalue weighted by Crippen LogP contribution is -2.25. The molecule has 0 aliphatic heterocycles. The van der Waals surface area contributed by atoms with Crippen LogP contribution < -0.4 is 5.73 Å². The first kappa shape index (κ1) is 9.67. The zero-order valence-corrected chi connectivity index (χ0v) is 7.69. The number of hydrogen-bond donors (Lipinski definition) is 2. The molecule has 0 unspecified atom stereocenters. The molecule has 5 heteroatoms. The van der Waals surface area contributed by atoms with Crippen LogP contribution in [0.1, 0.15) is 21.3 Å². The number of rotatable bonds is 0. The lowest BCUT2D eigenvalue weighted by atomic mass is 10.2. The van der Waals surface area contributed by atoms with Crippen molar-refractivity contribution in [1.82, 2.24) is 0 Å². The van der Waals surface area contributed by atoms with Crippen LogP contribution in [0.15, 0.2) is 11.4 Å². The van der Waals surface area contributed by atoms with Crippen LogP contribution >= 0.6 is 23.7 Å². The predicted octanol–water partition coefficient (Wildman–Crippen LogP) is 0.727. The second-order valence-corrected chi connectivity index (χ2v) is 3.46. The highest BCUT2D eigenvalue weighted by Crippen LogP contribution is 2.33. The first-order chi connectivity index (χ1) is 5.22.